The molecule has 1 atom stereocenters. The van der Waals surface area contributed by atoms with Gasteiger partial charge >= 0.3 is 0 Å². The number of hydrogen-bond donors (Lipinski definition) is 0. The van der Waals surface area contributed by atoms with Crippen LogP contribution >= 0.6 is 27.7 Å². The summed E-state index contributed by atoms with van der Waals surface area (Å²) in [6.07, 6.45) is 3.92. The molecule has 0 saturated heterocycles. The number of para-hydroxylation sites is 1. The van der Waals surface area contributed by atoms with Gasteiger partial charge in [0.1, 0.15) is 5.75 Å². The maximum absolute atomic E-state index is 13.9. The van der Waals surface area contributed by atoms with Gasteiger partial charge in [0.15, 0.2) is 0 Å². The zero-order valence-electron chi connectivity index (χ0n) is 16.1. The number of carbonyl (C=O) groups excluding carboxylic acids is 1. The van der Waals surface area contributed by atoms with Crippen LogP contribution in [0.25, 0.3) is 0 Å². The molecule has 0 aliphatic carbocycles. The summed E-state index contributed by atoms with van der Waals surface area (Å²) >= 11 is 5.36. The number of thioether (sulfide) groups is 1. The predicted octanol–water partition coefficient (Wildman–Crippen LogP) is 6.81. The van der Waals surface area contributed by atoms with Crippen LogP contribution in [0.15, 0.2) is 51.8 Å². The maximum Gasteiger partial charge on any atom is 0.238 e. The molecule has 1 aliphatic rings. The third kappa shape index (κ3) is 3.90. The molecule has 1 heterocycles. The SMILES string of the molecule is CCCCC1(CC)CSc2cc(OC)c(Br)cc2N(c2ccccc2)C1=O. The minimum absolute atomic E-state index is 0.202. The van der Waals surface area contributed by atoms with Crippen molar-refractivity contribution in [3.63, 3.8) is 0 Å². The molecule has 0 saturated carbocycles. The summed E-state index contributed by atoms with van der Waals surface area (Å²) in [4.78, 5) is 16.9. The molecule has 2 aromatic carbocycles. The molecule has 3 nitrogen and oxygen atoms in total. The van der Waals surface area contributed by atoms with Crippen LogP contribution in [0.2, 0.25) is 0 Å². The van der Waals surface area contributed by atoms with E-state index in [0.717, 1.165) is 57.9 Å². The maximum atomic E-state index is 13.9. The van der Waals surface area contributed by atoms with Crippen molar-refractivity contribution < 1.29 is 9.53 Å². The summed E-state index contributed by atoms with van der Waals surface area (Å²) in [5.41, 5.74) is 1.49. The predicted molar refractivity (Wildman–Crippen MR) is 117 cm³/mol. The van der Waals surface area contributed by atoms with E-state index in [1.54, 1.807) is 18.9 Å². The Bertz CT molecular complexity index is 811. The van der Waals surface area contributed by atoms with Crippen molar-refractivity contribution in [2.45, 2.75) is 44.4 Å². The number of hydrogen-bond acceptors (Lipinski definition) is 3. The first-order valence-corrected chi connectivity index (χ1v) is 11.2. The molecule has 3 rings (SSSR count). The van der Waals surface area contributed by atoms with Gasteiger partial charge in [-0.1, -0.05) is 44.9 Å². The Hall–Kier alpha value is -1.46. The van der Waals surface area contributed by atoms with Crippen LogP contribution in [0.5, 0.6) is 5.75 Å². The van der Waals surface area contributed by atoms with E-state index in [1.165, 1.54) is 0 Å². The van der Waals surface area contributed by atoms with Gasteiger partial charge in [0, 0.05) is 16.3 Å². The topological polar surface area (TPSA) is 29.5 Å². The molecular weight excluding hydrogens is 422 g/mol. The van der Waals surface area contributed by atoms with Crippen molar-refractivity contribution in [3.05, 3.63) is 46.9 Å². The molecule has 27 heavy (non-hydrogen) atoms. The number of rotatable bonds is 6. The summed E-state index contributed by atoms with van der Waals surface area (Å²) in [6.45, 7) is 4.33. The highest BCUT2D eigenvalue weighted by Crippen LogP contribution is 2.49. The smallest absolute Gasteiger partial charge is 0.238 e. The highest BCUT2D eigenvalue weighted by atomic mass is 79.9. The fourth-order valence-corrected chi connectivity index (χ4v) is 5.44. The average molecular weight is 448 g/mol. The summed E-state index contributed by atoms with van der Waals surface area (Å²) < 4.78 is 6.36. The van der Waals surface area contributed by atoms with Crippen molar-refractivity contribution in [1.29, 1.82) is 0 Å². The minimum atomic E-state index is -0.352. The van der Waals surface area contributed by atoms with Crippen molar-refractivity contribution >= 4 is 45.0 Å². The van der Waals surface area contributed by atoms with Gasteiger partial charge in [-0.15, -0.1) is 11.8 Å². The Labute approximate surface area is 174 Å². The van der Waals surface area contributed by atoms with Crippen LogP contribution in [0, 0.1) is 5.41 Å². The van der Waals surface area contributed by atoms with Crippen LogP contribution in [0.1, 0.15) is 39.5 Å². The second-order valence-electron chi connectivity index (χ2n) is 6.96. The number of ether oxygens (including phenoxy) is 1. The average Bonchev–Trinajstić information content (AvgIpc) is 2.81. The molecule has 0 bridgehead atoms. The largest absolute Gasteiger partial charge is 0.496 e. The lowest BCUT2D eigenvalue weighted by molar-refractivity contribution is -0.126. The number of nitrogens with zero attached hydrogens (tertiary/aromatic N) is 1. The van der Waals surface area contributed by atoms with E-state index < -0.39 is 0 Å². The molecule has 0 fully saturated rings. The van der Waals surface area contributed by atoms with Gasteiger partial charge in [-0.25, -0.2) is 0 Å². The molecule has 0 spiro atoms. The standard InChI is InChI=1S/C22H26BrNO2S/c1-4-6-12-22(5-2)15-27-20-14-19(26-3)17(23)13-18(20)24(21(22)25)16-10-8-7-9-11-16/h7-11,13-14H,4-6,12,15H2,1-3H3. The van der Waals surface area contributed by atoms with Gasteiger partial charge in [-0.05, 0) is 53.0 Å². The molecule has 144 valence electrons. The lowest BCUT2D eigenvalue weighted by Gasteiger charge is -2.34. The second kappa shape index (κ2) is 8.70. The van der Waals surface area contributed by atoms with Crippen molar-refractivity contribution in [2.24, 2.45) is 5.41 Å². The number of fused-ring (bicyclic) bond motifs is 1. The van der Waals surface area contributed by atoms with E-state index in [2.05, 4.69) is 29.8 Å². The molecule has 5 heteroatoms. The van der Waals surface area contributed by atoms with E-state index in [0.29, 0.717) is 0 Å². The number of anilines is 2. The minimum Gasteiger partial charge on any atom is -0.496 e. The van der Waals surface area contributed by atoms with Gasteiger partial charge < -0.3 is 4.74 Å². The van der Waals surface area contributed by atoms with Crippen LogP contribution in [0.3, 0.4) is 0 Å². The second-order valence-corrected chi connectivity index (χ2v) is 8.83. The fourth-order valence-electron chi connectivity index (χ4n) is 3.55. The molecule has 0 aromatic heterocycles. The number of halogens is 1. The number of methoxy groups -OCH3 is 1. The summed E-state index contributed by atoms with van der Waals surface area (Å²) in [6, 6.07) is 14.0. The Morgan fingerprint density at radius 3 is 2.59 bits per heavy atom. The molecular formula is C22H26BrNO2S. The number of unbranched alkanes of at least 4 members (excludes halogenated alkanes) is 1. The van der Waals surface area contributed by atoms with Crippen molar-refractivity contribution in [2.75, 3.05) is 17.8 Å². The van der Waals surface area contributed by atoms with E-state index in [9.17, 15) is 4.79 Å². The van der Waals surface area contributed by atoms with Crippen molar-refractivity contribution in [1.82, 2.24) is 0 Å². The molecule has 1 aliphatic heterocycles. The van der Waals surface area contributed by atoms with E-state index >= 15 is 0 Å². The zero-order chi connectivity index (χ0) is 19.4. The number of benzene rings is 2. The summed E-state index contributed by atoms with van der Waals surface area (Å²) in [5, 5.41) is 0. The first-order valence-electron chi connectivity index (χ1n) is 9.46. The van der Waals surface area contributed by atoms with Gasteiger partial charge in [-0.2, -0.15) is 0 Å². The Morgan fingerprint density at radius 1 is 1.22 bits per heavy atom. The highest BCUT2D eigenvalue weighted by molar-refractivity contribution is 9.10. The summed E-state index contributed by atoms with van der Waals surface area (Å²) in [5.74, 6) is 1.79. The van der Waals surface area contributed by atoms with E-state index in [4.69, 9.17) is 4.74 Å². The fraction of sp³-hybridized carbons (Fsp3) is 0.409. The van der Waals surface area contributed by atoms with Crippen molar-refractivity contribution in [3.8, 4) is 5.75 Å². The first-order chi connectivity index (χ1) is 13.1. The first kappa shape index (κ1) is 20.3. The van der Waals surface area contributed by atoms with Gasteiger partial charge in [-0.3, -0.25) is 9.69 Å². The lowest BCUT2D eigenvalue weighted by atomic mass is 9.80. The third-order valence-electron chi connectivity index (χ3n) is 5.34. The molecule has 2 aromatic rings. The van der Waals surface area contributed by atoms with Gasteiger partial charge in [0.25, 0.3) is 0 Å². The number of carbonyl (C=O) groups is 1. The van der Waals surface area contributed by atoms with E-state index in [1.807, 2.05) is 47.4 Å². The Morgan fingerprint density at radius 2 is 1.96 bits per heavy atom. The Balaban J connectivity index is 2.18. The van der Waals surface area contributed by atoms with Crippen LogP contribution < -0.4 is 9.64 Å². The lowest BCUT2D eigenvalue weighted by Crippen LogP contribution is -2.42. The monoisotopic (exact) mass is 447 g/mol. The van der Waals surface area contributed by atoms with E-state index in [-0.39, 0.29) is 11.3 Å². The third-order valence-corrected chi connectivity index (χ3v) is 7.29. The molecule has 1 unspecified atom stereocenters. The van der Waals surface area contributed by atoms with Crippen LogP contribution in [0.4, 0.5) is 11.4 Å². The summed E-state index contributed by atoms with van der Waals surface area (Å²) in [7, 11) is 1.67. The van der Waals surface area contributed by atoms with Gasteiger partial charge in [0.2, 0.25) is 5.91 Å². The zero-order valence-corrected chi connectivity index (χ0v) is 18.5. The molecule has 0 N–H and O–H groups in total. The Kier molecular flexibility index (Phi) is 6.53. The quantitative estimate of drug-likeness (QED) is 0.486. The molecule has 0 radical (unpaired) electrons. The van der Waals surface area contributed by atoms with Crippen LogP contribution in [-0.4, -0.2) is 18.8 Å². The molecule has 1 amide bonds. The number of amides is 1. The highest BCUT2D eigenvalue weighted by Gasteiger charge is 2.43. The van der Waals surface area contributed by atoms with Gasteiger partial charge in [0.05, 0.1) is 22.7 Å². The normalized spacial score (nSPS) is 19.6. The van der Waals surface area contributed by atoms with Crippen LogP contribution in [-0.2, 0) is 4.79 Å².